The van der Waals surface area contributed by atoms with Crippen molar-refractivity contribution in [2.24, 2.45) is 22.7 Å². The minimum Gasteiger partial charge on any atom is -0.358 e. The summed E-state index contributed by atoms with van der Waals surface area (Å²) < 4.78 is 0. The van der Waals surface area contributed by atoms with Gasteiger partial charge in [-0.3, -0.25) is 4.99 Å². The Hall–Kier alpha value is -2.95. The fourth-order valence-corrected chi connectivity index (χ4v) is 6.04. The van der Waals surface area contributed by atoms with Gasteiger partial charge in [-0.2, -0.15) is 0 Å². The van der Waals surface area contributed by atoms with Crippen LogP contribution >= 0.6 is 0 Å². The maximum absolute atomic E-state index is 6.06. The Morgan fingerprint density at radius 3 is 2.29 bits per heavy atom. The van der Waals surface area contributed by atoms with E-state index < -0.39 is 0 Å². The largest absolute Gasteiger partial charge is 0.358 e. The molecule has 1 aromatic heterocycles. The van der Waals surface area contributed by atoms with Crippen molar-refractivity contribution in [1.29, 1.82) is 0 Å². The number of aryl methyl sites for hydroxylation is 1. The lowest BCUT2D eigenvalue weighted by molar-refractivity contribution is -0.354. The SMILES string of the molecule is CC1=N/C(=C\c2[nH]c(C)c(COOC3C(C)CC(C)CC3C)c2-c2ccccc2)c2ccccc21. The van der Waals surface area contributed by atoms with Crippen molar-refractivity contribution in [3.05, 3.63) is 82.7 Å². The Balaban J connectivity index is 1.46. The lowest BCUT2D eigenvalue weighted by Gasteiger charge is -2.36. The number of aliphatic imine (C=N–C) groups is 1. The molecule has 2 aromatic carbocycles. The van der Waals surface area contributed by atoms with E-state index in [-0.39, 0.29) is 6.10 Å². The highest BCUT2D eigenvalue weighted by atomic mass is 17.2. The van der Waals surface area contributed by atoms with E-state index in [0.29, 0.717) is 18.4 Å². The van der Waals surface area contributed by atoms with Crippen molar-refractivity contribution in [2.75, 3.05) is 0 Å². The Morgan fingerprint density at radius 2 is 1.57 bits per heavy atom. The molecular weight excluding hydrogens is 432 g/mol. The summed E-state index contributed by atoms with van der Waals surface area (Å²) in [5.41, 5.74) is 9.97. The Labute approximate surface area is 209 Å². The third-order valence-electron chi connectivity index (χ3n) is 7.62. The number of hydrogen-bond donors (Lipinski definition) is 1. The minimum atomic E-state index is 0.138. The van der Waals surface area contributed by atoms with Gasteiger partial charge in [-0.25, -0.2) is 9.78 Å². The van der Waals surface area contributed by atoms with E-state index in [1.807, 2.05) is 6.07 Å². The van der Waals surface area contributed by atoms with Crippen LogP contribution in [-0.2, 0) is 16.4 Å². The molecule has 35 heavy (non-hydrogen) atoms. The molecule has 2 unspecified atom stereocenters. The van der Waals surface area contributed by atoms with Crippen LogP contribution in [0.4, 0.5) is 0 Å². The molecular formula is C31H36N2O2. The van der Waals surface area contributed by atoms with Crippen LogP contribution in [0.15, 0.2) is 59.6 Å². The van der Waals surface area contributed by atoms with Gasteiger partial charge in [0.25, 0.3) is 0 Å². The molecule has 2 aliphatic rings. The number of nitrogens with zero attached hydrogens (tertiary/aromatic N) is 1. The highest BCUT2D eigenvalue weighted by Gasteiger charge is 2.33. The molecule has 0 bridgehead atoms. The number of rotatable bonds is 6. The molecule has 3 aromatic rings. The van der Waals surface area contributed by atoms with Crippen molar-refractivity contribution < 1.29 is 9.78 Å². The zero-order chi connectivity index (χ0) is 24.5. The van der Waals surface area contributed by atoms with E-state index in [0.717, 1.165) is 45.4 Å². The van der Waals surface area contributed by atoms with Crippen molar-refractivity contribution in [1.82, 2.24) is 4.98 Å². The fourth-order valence-electron chi connectivity index (χ4n) is 6.04. The minimum absolute atomic E-state index is 0.138. The first kappa shape index (κ1) is 23.8. The molecule has 0 radical (unpaired) electrons. The first-order valence-corrected chi connectivity index (χ1v) is 12.8. The average molecular weight is 469 g/mol. The van der Waals surface area contributed by atoms with Gasteiger partial charge in [-0.1, -0.05) is 75.4 Å². The first-order chi connectivity index (χ1) is 16.9. The van der Waals surface area contributed by atoms with E-state index in [9.17, 15) is 0 Å². The van der Waals surface area contributed by atoms with E-state index >= 15 is 0 Å². The quantitative estimate of drug-likeness (QED) is 0.296. The van der Waals surface area contributed by atoms with Crippen LogP contribution in [0.1, 0.15) is 68.6 Å². The third kappa shape index (κ3) is 4.78. The Bertz CT molecular complexity index is 1240. The zero-order valence-corrected chi connectivity index (χ0v) is 21.5. The van der Waals surface area contributed by atoms with Gasteiger partial charge in [-0.05, 0) is 56.1 Å². The average Bonchev–Trinajstić information content (AvgIpc) is 3.32. The summed E-state index contributed by atoms with van der Waals surface area (Å²) in [6, 6.07) is 18.9. The molecule has 1 saturated carbocycles. The second-order valence-corrected chi connectivity index (χ2v) is 10.5. The van der Waals surface area contributed by atoms with Gasteiger partial charge in [0.15, 0.2) is 0 Å². The molecule has 2 atom stereocenters. The molecule has 2 heterocycles. The number of aromatic nitrogens is 1. The van der Waals surface area contributed by atoms with E-state index in [1.165, 1.54) is 24.0 Å². The van der Waals surface area contributed by atoms with Gasteiger partial charge in [0.1, 0.15) is 6.61 Å². The molecule has 0 spiro atoms. The van der Waals surface area contributed by atoms with E-state index in [2.05, 4.69) is 94.2 Å². The predicted octanol–water partition coefficient (Wildman–Crippen LogP) is 7.83. The van der Waals surface area contributed by atoms with Crippen molar-refractivity contribution in [2.45, 2.75) is 60.2 Å². The van der Waals surface area contributed by atoms with Gasteiger partial charge in [0, 0.05) is 39.4 Å². The molecule has 1 N–H and O–H groups in total. The van der Waals surface area contributed by atoms with Gasteiger partial charge in [0.2, 0.25) is 0 Å². The zero-order valence-electron chi connectivity index (χ0n) is 21.5. The molecule has 4 nitrogen and oxygen atoms in total. The molecule has 1 fully saturated rings. The predicted molar refractivity (Wildman–Crippen MR) is 144 cm³/mol. The monoisotopic (exact) mass is 468 g/mol. The smallest absolute Gasteiger partial charge is 0.110 e. The molecule has 5 rings (SSSR count). The maximum Gasteiger partial charge on any atom is 0.110 e. The molecule has 0 amide bonds. The Kier molecular flexibility index (Phi) is 6.77. The fraction of sp³-hybridized carbons (Fsp3) is 0.387. The van der Waals surface area contributed by atoms with Crippen LogP contribution in [0.2, 0.25) is 0 Å². The van der Waals surface area contributed by atoms with Gasteiger partial charge >= 0.3 is 0 Å². The number of fused-ring (bicyclic) bond motifs is 1. The summed E-state index contributed by atoms with van der Waals surface area (Å²) in [7, 11) is 0. The van der Waals surface area contributed by atoms with Crippen molar-refractivity contribution in [3.8, 4) is 11.1 Å². The van der Waals surface area contributed by atoms with E-state index in [1.54, 1.807) is 0 Å². The summed E-state index contributed by atoms with van der Waals surface area (Å²) in [6.45, 7) is 11.5. The summed E-state index contributed by atoms with van der Waals surface area (Å²) in [4.78, 5) is 20.5. The van der Waals surface area contributed by atoms with Crippen molar-refractivity contribution >= 4 is 17.5 Å². The number of benzene rings is 2. The molecule has 1 aliphatic carbocycles. The maximum atomic E-state index is 6.06. The molecule has 0 saturated heterocycles. The summed E-state index contributed by atoms with van der Waals surface area (Å²) >= 11 is 0. The first-order valence-electron chi connectivity index (χ1n) is 12.8. The lowest BCUT2D eigenvalue weighted by atomic mass is 9.75. The number of hydrogen-bond acceptors (Lipinski definition) is 3. The second kappa shape index (κ2) is 9.96. The number of H-pyrrole nitrogens is 1. The normalized spacial score (nSPS) is 25.1. The standard InChI is InChI=1S/C31H36N2O2/c1-19-15-20(2)31(21(3)16-19)35-34-18-27-23(5)33-29(30(27)24-11-7-6-8-12-24)17-28-26-14-10-9-13-25(26)22(4)32-28/h6-14,17,19-21,31,33H,15-16,18H2,1-5H3/b28-17-. The van der Waals surface area contributed by atoms with Crippen LogP contribution < -0.4 is 0 Å². The van der Waals surface area contributed by atoms with E-state index in [4.69, 9.17) is 14.8 Å². The third-order valence-corrected chi connectivity index (χ3v) is 7.62. The highest BCUT2D eigenvalue weighted by Crippen LogP contribution is 2.38. The van der Waals surface area contributed by atoms with Crippen LogP contribution in [0, 0.1) is 24.7 Å². The highest BCUT2D eigenvalue weighted by molar-refractivity contribution is 6.12. The van der Waals surface area contributed by atoms with Crippen molar-refractivity contribution in [3.63, 3.8) is 0 Å². The molecule has 4 heteroatoms. The second-order valence-electron chi connectivity index (χ2n) is 10.5. The summed E-state index contributed by atoms with van der Waals surface area (Å²) in [5, 5.41) is 0. The van der Waals surface area contributed by atoms with Gasteiger partial charge in [0.05, 0.1) is 11.8 Å². The molecule has 182 valence electrons. The van der Waals surface area contributed by atoms with Gasteiger partial charge in [-0.15, -0.1) is 0 Å². The summed E-state index contributed by atoms with van der Waals surface area (Å²) in [6.07, 6.45) is 4.69. The number of aromatic amines is 1. The number of nitrogens with one attached hydrogen (secondary N) is 1. The van der Waals surface area contributed by atoms with Gasteiger partial charge < -0.3 is 4.98 Å². The van der Waals surface area contributed by atoms with Crippen LogP contribution in [0.25, 0.3) is 22.9 Å². The Morgan fingerprint density at radius 1 is 0.914 bits per heavy atom. The lowest BCUT2D eigenvalue weighted by Crippen LogP contribution is -2.35. The topological polar surface area (TPSA) is 46.6 Å². The van der Waals surface area contributed by atoms with Crippen LogP contribution in [0.3, 0.4) is 0 Å². The summed E-state index contributed by atoms with van der Waals surface area (Å²) in [5.74, 6) is 1.75. The van der Waals surface area contributed by atoms with Crippen LogP contribution in [0.5, 0.6) is 0 Å². The van der Waals surface area contributed by atoms with Crippen LogP contribution in [-0.4, -0.2) is 16.8 Å². The molecule has 1 aliphatic heterocycles.